The van der Waals surface area contributed by atoms with Crippen LogP contribution in [0, 0.1) is 6.92 Å². The maximum absolute atomic E-state index is 11.8. The van der Waals surface area contributed by atoms with E-state index in [1.807, 2.05) is 0 Å². The topological polar surface area (TPSA) is 92.9 Å². The lowest BCUT2D eigenvalue weighted by Crippen LogP contribution is -2.27. The molecule has 0 aliphatic heterocycles. The van der Waals surface area contributed by atoms with Crippen LogP contribution < -0.4 is 4.18 Å². The van der Waals surface area contributed by atoms with Crippen molar-refractivity contribution in [2.45, 2.75) is 19.8 Å². The summed E-state index contributed by atoms with van der Waals surface area (Å²) in [4.78, 5) is 16.0. The number of aryl methyl sites for hydroxylation is 1. The zero-order chi connectivity index (χ0) is 17.1. The fourth-order valence-electron chi connectivity index (χ4n) is 2.03. The number of amides is 1. The van der Waals surface area contributed by atoms with Crippen molar-refractivity contribution in [1.82, 2.24) is 10.0 Å². The smallest absolute Gasteiger partial charge is 0.257 e. The molecule has 1 aromatic heterocycles. The minimum Gasteiger partial charge on any atom is -0.561 e. The predicted octanol–water partition coefficient (Wildman–Crippen LogP) is 2.29. The lowest BCUT2D eigenvalue weighted by Gasteiger charge is -2.11. The van der Waals surface area contributed by atoms with E-state index in [9.17, 15) is 14.2 Å². The van der Waals surface area contributed by atoms with Crippen molar-refractivity contribution in [2.24, 2.45) is 0 Å². The maximum atomic E-state index is 11.8. The second-order valence-corrected chi connectivity index (χ2v) is 5.74. The van der Waals surface area contributed by atoms with Gasteiger partial charge in [-0.15, -0.1) is 10.7 Å². The lowest BCUT2D eigenvalue weighted by molar-refractivity contribution is -0.161. The number of likely N-dealkylation sites (N-methyl/N-ethyl adjacent to an activating group) is 1. The van der Waals surface area contributed by atoms with Crippen molar-refractivity contribution >= 4 is 22.4 Å². The Kier molecular flexibility index (Phi) is 5.07. The van der Waals surface area contributed by atoms with Gasteiger partial charge in [-0.25, -0.2) is 10.0 Å². The molecule has 1 amide bonds. The Bertz CT molecular complexity index is 770. The van der Waals surface area contributed by atoms with E-state index in [2.05, 4.69) is 10.9 Å². The number of hydrogen-bond donors (Lipinski definition) is 1. The van der Waals surface area contributed by atoms with Crippen LogP contribution in [0.5, 0.6) is 5.75 Å². The zero-order valence-corrected chi connectivity index (χ0v) is 13.8. The van der Waals surface area contributed by atoms with Crippen LogP contribution in [-0.4, -0.2) is 34.1 Å². The largest absolute Gasteiger partial charge is 0.561 e. The van der Waals surface area contributed by atoms with Crippen LogP contribution in [0.4, 0.5) is 0 Å². The molecule has 1 unspecified atom stereocenters. The molecule has 0 spiro atoms. The fourth-order valence-corrected chi connectivity index (χ4v) is 2.35. The molecule has 2 rings (SSSR count). The highest BCUT2D eigenvalue weighted by atomic mass is 32.2. The van der Waals surface area contributed by atoms with Gasteiger partial charge in [-0.05, 0) is 38.1 Å². The van der Waals surface area contributed by atoms with E-state index < -0.39 is 22.5 Å². The third-order valence-electron chi connectivity index (χ3n) is 3.18. The number of hydroxylamine groups is 2. The summed E-state index contributed by atoms with van der Waals surface area (Å²) in [6.45, 7) is 3.36. The van der Waals surface area contributed by atoms with Crippen LogP contribution >= 0.6 is 0 Å². The molecule has 23 heavy (non-hydrogen) atoms. The third-order valence-corrected chi connectivity index (χ3v) is 3.56. The Morgan fingerprint density at radius 3 is 2.57 bits per heavy atom. The highest BCUT2D eigenvalue weighted by molar-refractivity contribution is 7.77. The highest BCUT2D eigenvalue weighted by Gasteiger charge is 2.25. The van der Waals surface area contributed by atoms with E-state index in [0.717, 1.165) is 5.56 Å². The van der Waals surface area contributed by atoms with Crippen molar-refractivity contribution in [1.29, 1.82) is 0 Å². The molecule has 2 aromatic rings. The van der Waals surface area contributed by atoms with E-state index in [1.54, 1.807) is 38.1 Å². The van der Waals surface area contributed by atoms with Gasteiger partial charge in [0.05, 0.1) is 11.4 Å². The number of oxazole rings is 1. The average Bonchev–Trinajstić information content (AvgIpc) is 2.87. The minimum absolute atomic E-state index is 0.225. The number of carbonyl (C=O) groups excluding carboxylic acids is 1. The number of nitrogens with zero attached hydrogens (tertiary/aromatic N) is 2. The monoisotopic (exact) mass is 337 g/mol. The van der Waals surface area contributed by atoms with Crippen LogP contribution in [0.1, 0.15) is 24.4 Å². The molecule has 0 bridgehead atoms. The Labute approximate surface area is 135 Å². The Morgan fingerprint density at radius 1 is 1.43 bits per heavy atom. The van der Waals surface area contributed by atoms with Gasteiger partial charge in [-0.1, -0.05) is 0 Å². The molecule has 0 saturated heterocycles. The molecular weight excluding hydrogens is 320 g/mol. The standard InChI is InChI=1S/C15H17N2O5S/c1-9(15(18)17(3)19)14-16-10(2)13(21-14)11-5-7-12(8-6-11)22-23(4)20/h5-9,19H,4H2,1-3H3/q-1. The summed E-state index contributed by atoms with van der Waals surface area (Å²) < 4.78 is 21.6. The van der Waals surface area contributed by atoms with Crippen LogP contribution in [0.15, 0.2) is 28.7 Å². The van der Waals surface area contributed by atoms with Gasteiger partial charge in [0.25, 0.3) is 5.91 Å². The summed E-state index contributed by atoms with van der Waals surface area (Å²) in [5, 5.41) is 9.73. The maximum Gasteiger partial charge on any atom is 0.257 e. The van der Waals surface area contributed by atoms with Gasteiger partial charge >= 0.3 is 0 Å². The average molecular weight is 337 g/mol. The quantitative estimate of drug-likeness (QED) is 0.389. The van der Waals surface area contributed by atoms with Crippen molar-refractivity contribution in [3.05, 3.63) is 35.9 Å². The molecule has 1 atom stereocenters. The molecule has 0 saturated carbocycles. The highest BCUT2D eigenvalue weighted by Crippen LogP contribution is 2.29. The molecule has 124 valence electrons. The van der Waals surface area contributed by atoms with Gasteiger partial charge in [0.1, 0.15) is 5.92 Å². The summed E-state index contributed by atoms with van der Waals surface area (Å²) in [5.41, 5.74) is 1.36. The molecule has 0 aliphatic rings. The molecule has 1 aromatic carbocycles. The van der Waals surface area contributed by atoms with Crippen molar-refractivity contribution in [3.63, 3.8) is 0 Å². The van der Waals surface area contributed by atoms with E-state index in [4.69, 9.17) is 8.60 Å². The van der Waals surface area contributed by atoms with E-state index in [0.29, 0.717) is 22.3 Å². The van der Waals surface area contributed by atoms with Gasteiger partial charge in [0.2, 0.25) is 5.89 Å². The molecule has 1 N–H and O–H groups in total. The zero-order valence-electron chi connectivity index (χ0n) is 13.0. The van der Waals surface area contributed by atoms with Crippen molar-refractivity contribution < 1.29 is 22.8 Å². The molecule has 1 heterocycles. The summed E-state index contributed by atoms with van der Waals surface area (Å²) in [7, 11) is -0.385. The number of hydrogen-bond acceptors (Lipinski definition) is 7. The number of carbonyl (C=O) groups is 1. The second kappa shape index (κ2) is 6.84. The lowest BCUT2D eigenvalue weighted by atomic mass is 10.1. The second-order valence-electron chi connectivity index (χ2n) is 4.96. The van der Waals surface area contributed by atoms with Crippen molar-refractivity contribution in [3.8, 4) is 17.1 Å². The Balaban J connectivity index is 2.29. The normalized spacial score (nSPS) is 12.2. The molecule has 7 nitrogen and oxygen atoms in total. The van der Waals surface area contributed by atoms with Crippen LogP contribution in [0.3, 0.4) is 0 Å². The first-order valence-electron chi connectivity index (χ1n) is 6.73. The molecule has 0 aliphatic carbocycles. The molecule has 0 fully saturated rings. The van der Waals surface area contributed by atoms with Crippen LogP contribution in [0.25, 0.3) is 11.3 Å². The van der Waals surface area contributed by atoms with Crippen molar-refractivity contribution in [2.75, 3.05) is 7.05 Å². The predicted molar refractivity (Wildman–Crippen MR) is 85.4 cm³/mol. The van der Waals surface area contributed by atoms with Crippen LogP contribution in [-0.2, 0) is 19.7 Å². The first-order chi connectivity index (χ1) is 10.8. The van der Waals surface area contributed by atoms with Gasteiger partial charge in [-0.2, -0.15) is 5.87 Å². The molecule has 0 radical (unpaired) electrons. The Hall–Kier alpha value is -2.32. The van der Waals surface area contributed by atoms with Gasteiger partial charge in [0, 0.05) is 12.6 Å². The first kappa shape index (κ1) is 17.0. The van der Waals surface area contributed by atoms with Gasteiger partial charge in [0.15, 0.2) is 5.76 Å². The van der Waals surface area contributed by atoms with Gasteiger partial charge < -0.3 is 12.8 Å². The van der Waals surface area contributed by atoms with E-state index in [-0.39, 0.29) is 5.89 Å². The fraction of sp³-hybridized carbons (Fsp3) is 0.267. The summed E-state index contributed by atoms with van der Waals surface area (Å²) in [5.74, 6) is 3.19. The van der Waals surface area contributed by atoms with Crippen LogP contribution in [0.2, 0.25) is 0 Å². The van der Waals surface area contributed by atoms with E-state index in [1.165, 1.54) is 7.05 Å². The molecule has 8 heteroatoms. The summed E-state index contributed by atoms with van der Waals surface area (Å²) in [6, 6.07) is 6.72. The van der Waals surface area contributed by atoms with E-state index >= 15 is 0 Å². The first-order valence-corrected chi connectivity index (χ1v) is 7.98. The SMILES string of the molecule is C=[S-](=O)Oc1ccc(-c2oc(C(C)C(=O)N(C)O)nc2C)cc1. The molecular formula is C15H17N2O5S-. The summed E-state index contributed by atoms with van der Waals surface area (Å²) in [6.07, 6.45) is 0. The Morgan fingerprint density at radius 2 is 2.04 bits per heavy atom. The summed E-state index contributed by atoms with van der Waals surface area (Å²) >= 11 is 0. The third kappa shape index (κ3) is 3.91. The number of rotatable bonds is 5. The van der Waals surface area contributed by atoms with Gasteiger partial charge in [-0.3, -0.25) is 10.0 Å². The minimum atomic E-state index is -1.64. The number of benzene rings is 1. The number of aromatic nitrogens is 1.